The minimum atomic E-state index is -8.58. The summed E-state index contributed by atoms with van der Waals surface area (Å²) >= 11 is 0.476. The first-order valence-electron chi connectivity index (χ1n) is 14.1. The van der Waals surface area contributed by atoms with Crippen LogP contribution in [0.4, 0.5) is 74.6 Å². The lowest BCUT2D eigenvalue weighted by Crippen LogP contribution is -2.74. The van der Waals surface area contributed by atoms with Gasteiger partial charge in [-0.2, -0.15) is 86.4 Å². The van der Waals surface area contributed by atoms with Crippen LogP contribution < -0.4 is 0 Å². The van der Waals surface area contributed by atoms with Gasteiger partial charge in [0.25, 0.3) is 0 Å². The molecule has 0 amide bonds. The maximum Gasteiger partial charge on any atom is 0.460 e. The zero-order valence-corrected chi connectivity index (χ0v) is 24.7. The van der Waals surface area contributed by atoms with Gasteiger partial charge in [-0.05, 0) is 17.9 Å². The Bertz CT molecular complexity index is 809. The van der Waals surface area contributed by atoms with Gasteiger partial charge in [0.15, 0.2) is 0 Å². The van der Waals surface area contributed by atoms with E-state index in [4.69, 9.17) is 0 Å². The molecule has 18 heteroatoms. The average molecular weight is 705 g/mol. The monoisotopic (exact) mass is 704 g/mol. The highest BCUT2D eigenvalue weighted by Crippen LogP contribution is 2.64. The summed E-state index contributed by atoms with van der Waals surface area (Å²) in [7, 11) is 0. The molecule has 0 saturated carbocycles. The molecule has 0 radical (unpaired) electrons. The molecule has 266 valence electrons. The lowest BCUT2D eigenvalue weighted by Gasteiger charge is -2.42. The predicted molar refractivity (Wildman–Crippen MR) is 133 cm³/mol. The second-order valence-electron chi connectivity index (χ2n) is 10.6. The molecule has 0 aromatic heterocycles. The van der Waals surface area contributed by atoms with Crippen LogP contribution in [-0.4, -0.2) is 59.1 Å². The molecule has 0 nitrogen and oxygen atoms in total. The molecule has 0 spiro atoms. The van der Waals surface area contributed by atoms with Crippen molar-refractivity contribution in [2.75, 3.05) is 11.5 Å². The summed E-state index contributed by atoms with van der Waals surface area (Å²) in [6.07, 6.45) is 3.77. The molecule has 0 aromatic carbocycles. The molecule has 0 unspecified atom stereocenters. The van der Waals surface area contributed by atoms with Crippen LogP contribution in [0.25, 0.3) is 0 Å². The Morgan fingerprint density at radius 1 is 0.341 bits per heavy atom. The van der Waals surface area contributed by atoms with Crippen molar-refractivity contribution in [3.63, 3.8) is 0 Å². The highest BCUT2D eigenvalue weighted by Gasteiger charge is 2.95. The highest BCUT2D eigenvalue weighted by atomic mass is 32.2. The average Bonchev–Trinajstić information content (AvgIpc) is 2.89. The van der Waals surface area contributed by atoms with Gasteiger partial charge in [0.1, 0.15) is 0 Å². The fourth-order valence-corrected chi connectivity index (χ4v) is 5.07. The van der Waals surface area contributed by atoms with E-state index in [9.17, 15) is 74.6 Å². The van der Waals surface area contributed by atoms with Gasteiger partial charge in [-0.25, -0.2) is 0 Å². The van der Waals surface area contributed by atoms with Crippen LogP contribution in [0.15, 0.2) is 0 Å². The molecule has 0 aromatic rings. The summed E-state index contributed by atoms with van der Waals surface area (Å²) in [4.78, 5) is 0. The van der Waals surface area contributed by atoms with E-state index in [2.05, 4.69) is 6.92 Å². The van der Waals surface area contributed by atoms with Crippen LogP contribution in [0, 0.1) is 0 Å². The Morgan fingerprint density at radius 3 is 0.977 bits per heavy atom. The van der Waals surface area contributed by atoms with Crippen LogP contribution in [0.5, 0.6) is 0 Å². The summed E-state index contributed by atoms with van der Waals surface area (Å²) in [5.41, 5.74) is 0. The van der Waals surface area contributed by atoms with Gasteiger partial charge in [-0.1, -0.05) is 90.4 Å². The third kappa shape index (κ3) is 9.83. The van der Waals surface area contributed by atoms with Gasteiger partial charge in [-0.3, -0.25) is 0 Å². The van der Waals surface area contributed by atoms with E-state index in [1.807, 2.05) is 0 Å². The standard InChI is InChI=1S/C26H37F17S/c1-2-3-4-5-6-7-8-9-10-11-12-13-14-15-17-44-18-16-19(27,28)20(29,30)21(31,32)22(33,34)23(35,36)24(37,38)25(39,40)26(41,42)43/h2-18H2,1H3. The van der Waals surface area contributed by atoms with E-state index in [0.717, 1.165) is 44.9 Å². The first-order valence-corrected chi connectivity index (χ1v) is 15.3. The largest absolute Gasteiger partial charge is 0.460 e. The fourth-order valence-electron chi connectivity index (χ4n) is 4.05. The summed E-state index contributed by atoms with van der Waals surface area (Å²) in [6.45, 7) is 2.13. The first-order chi connectivity index (χ1) is 19.8. The van der Waals surface area contributed by atoms with E-state index in [-0.39, 0.29) is 5.75 Å². The van der Waals surface area contributed by atoms with Gasteiger partial charge in [0.05, 0.1) is 0 Å². The fraction of sp³-hybridized carbons (Fsp3) is 1.00. The number of thioether (sulfide) groups is 1. The van der Waals surface area contributed by atoms with E-state index < -0.39 is 59.8 Å². The molecule has 0 aliphatic heterocycles. The lowest BCUT2D eigenvalue weighted by atomic mass is 9.88. The minimum Gasteiger partial charge on any atom is -0.200 e. The van der Waals surface area contributed by atoms with E-state index in [1.165, 1.54) is 32.1 Å². The number of unbranched alkanes of at least 4 members (excludes halogenated alkanes) is 13. The van der Waals surface area contributed by atoms with Crippen molar-refractivity contribution >= 4 is 11.8 Å². The second kappa shape index (κ2) is 16.8. The van der Waals surface area contributed by atoms with Crippen molar-refractivity contribution in [3.8, 4) is 0 Å². The Hall–Kier alpha value is -0.840. The molecule has 0 atom stereocenters. The topological polar surface area (TPSA) is 0 Å². The number of halogens is 17. The predicted octanol–water partition coefficient (Wildman–Crippen LogP) is 12.6. The SMILES string of the molecule is CCCCCCCCCCCCCCCCSCCC(F)(F)C(F)(F)C(F)(F)C(F)(F)C(F)(F)C(F)(F)C(F)(F)C(F)(F)F. The molecule has 0 aliphatic rings. The van der Waals surface area contributed by atoms with Gasteiger partial charge in [0.2, 0.25) is 0 Å². The van der Waals surface area contributed by atoms with Gasteiger partial charge in [0, 0.05) is 6.42 Å². The number of alkyl halides is 17. The number of rotatable bonds is 24. The van der Waals surface area contributed by atoms with Crippen LogP contribution in [0.2, 0.25) is 0 Å². The minimum absolute atomic E-state index is 0.0169. The van der Waals surface area contributed by atoms with E-state index in [1.54, 1.807) is 0 Å². The molecule has 0 heterocycles. The Balaban J connectivity index is 4.83. The van der Waals surface area contributed by atoms with E-state index in [0.29, 0.717) is 24.6 Å². The number of hydrogen-bond acceptors (Lipinski definition) is 1. The smallest absolute Gasteiger partial charge is 0.200 e. The van der Waals surface area contributed by atoms with E-state index >= 15 is 0 Å². The quantitative estimate of drug-likeness (QED) is 0.0712. The number of hydrogen-bond donors (Lipinski definition) is 0. The molecule has 0 N–H and O–H groups in total. The van der Waals surface area contributed by atoms with Crippen molar-refractivity contribution < 1.29 is 74.6 Å². The zero-order valence-electron chi connectivity index (χ0n) is 23.9. The summed E-state index contributed by atoms with van der Waals surface area (Å²) in [6, 6.07) is 0. The molecule has 0 aliphatic carbocycles. The van der Waals surface area contributed by atoms with Crippen molar-refractivity contribution in [1.29, 1.82) is 0 Å². The van der Waals surface area contributed by atoms with Gasteiger partial charge in [-0.15, -0.1) is 0 Å². The molecule has 0 bridgehead atoms. The summed E-state index contributed by atoms with van der Waals surface area (Å²) in [5, 5.41) is 0. The van der Waals surface area contributed by atoms with Crippen LogP contribution in [0.1, 0.15) is 103 Å². The molecule has 0 fully saturated rings. The van der Waals surface area contributed by atoms with Crippen molar-refractivity contribution in [2.24, 2.45) is 0 Å². The Kier molecular flexibility index (Phi) is 16.5. The van der Waals surface area contributed by atoms with Crippen molar-refractivity contribution in [1.82, 2.24) is 0 Å². The third-order valence-electron chi connectivity index (χ3n) is 6.99. The van der Waals surface area contributed by atoms with Crippen molar-refractivity contribution in [3.05, 3.63) is 0 Å². The van der Waals surface area contributed by atoms with Crippen molar-refractivity contribution in [2.45, 2.75) is 151 Å². The summed E-state index contributed by atoms with van der Waals surface area (Å²) < 4.78 is 226. The Morgan fingerprint density at radius 2 is 0.636 bits per heavy atom. The zero-order chi connectivity index (χ0) is 34.7. The van der Waals surface area contributed by atoms with Gasteiger partial charge < -0.3 is 0 Å². The normalized spacial score (nSPS) is 14.9. The van der Waals surface area contributed by atoms with Gasteiger partial charge >= 0.3 is 47.6 Å². The maximum atomic E-state index is 13.9. The van der Waals surface area contributed by atoms with Crippen LogP contribution in [0.3, 0.4) is 0 Å². The van der Waals surface area contributed by atoms with Crippen LogP contribution >= 0.6 is 11.8 Å². The second-order valence-corrected chi connectivity index (χ2v) is 11.8. The highest BCUT2D eigenvalue weighted by molar-refractivity contribution is 7.99. The van der Waals surface area contributed by atoms with Crippen LogP contribution in [-0.2, 0) is 0 Å². The molecule has 0 saturated heterocycles. The molecular formula is C26H37F17S. The Labute approximate surface area is 249 Å². The molecule has 44 heavy (non-hydrogen) atoms. The summed E-state index contributed by atoms with van der Waals surface area (Å²) in [5.74, 6) is -56.9. The maximum absolute atomic E-state index is 13.9. The third-order valence-corrected chi connectivity index (χ3v) is 8.06. The lowest BCUT2D eigenvalue weighted by molar-refractivity contribution is -0.461. The molecular weight excluding hydrogens is 667 g/mol. The molecule has 0 rings (SSSR count). The first kappa shape index (κ1) is 43.2.